The highest BCUT2D eigenvalue weighted by Crippen LogP contribution is 2.22. The summed E-state index contributed by atoms with van der Waals surface area (Å²) >= 11 is 1.83. The molecule has 0 amide bonds. The van der Waals surface area contributed by atoms with Gasteiger partial charge in [-0.1, -0.05) is 25.1 Å². The van der Waals surface area contributed by atoms with Gasteiger partial charge >= 0.3 is 0 Å². The zero-order chi connectivity index (χ0) is 14.0. The summed E-state index contributed by atoms with van der Waals surface area (Å²) in [7, 11) is 0. The normalized spacial score (nSPS) is 10.2. The standard InChI is InChI=1S/C16H20N2OS/c1-2-12-19-15-9-6-10-17-16(15)18-11-13-20-14-7-4-3-5-8-14/h3-10H,2,11-13H2,1H3,(H,17,18). The Kier molecular flexibility index (Phi) is 6.24. The fourth-order valence-corrected chi connectivity index (χ4v) is 2.50. The van der Waals surface area contributed by atoms with Gasteiger partial charge in [0.05, 0.1) is 6.61 Å². The highest BCUT2D eigenvalue weighted by molar-refractivity contribution is 7.99. The maximum Gasteiger partial charge on any atom is 0.168 e. The molecule has 0 spiro atoms. The van der Waals surface area contributed by atoms with Crippen molar-refractivity contribution in [2.45, 2.75) is 18.2 Å². The Labute approximate surface area is 124 Å². The first-order chi connectivity index (χ1) is 9.90. The largest absolute Gasteiger partial charge is 0.490 e. The van der Waals surface area contributed by atoms with E-state index in [-0.39, 0.29) is 0 Å². The number of ether oxygens (including phenoxy) is 1. The molecule has 1 aromatic carbocycles. The van der Waals surface area contributed by atoms with Crippen LogP contribution in [-0.2, 0) is 0 Å². The summed E-state index contributed by atoms with van der Waals surface area (Å²) in [5.74, 6) is 2.65. The van der Waals surface area contributed by atoms with E-state index in [1.807, 2.05) is 30.0 Å². The molecule has 0 aliphatic heterocycles. The molecule has 106 valence electrons. The van der Waals surface area contributed by atoms with Gasteiger partial charge in [-0.3, -0.25) is 0 Å². The van der Waals surface area contributed by atoms with Gasteiger partial charge in [-0.05, 0) is 30.7 Å². The lowest BCUT2D eigenvalue weighted by Crippen LogP contribution is -2.08. The smallest absolute Gasteiger partial charge is 0.168 e. The van der Waals surface area contributed by atoms with Gasteiger partial charge < -0.3 is 10.1 Å². The number of benzene rings is 1. The summed E-state index contributed by atoms with van der Waals surface area (Å²) in [4.78, 5) is 5.62. The van der Waals surface area contributed by atoms with Crippen molar-refractivity contribution in [3.8, 4) is 5.75 Å². The number of nitrogens with zero attached hydrogens (tertiary/aromatic N) is 1. The second kappa shape index (κ2) is 8.48. The van der Waals surface area contributed by atoms with Crippen LogP contribution in [0.15, 0.2) is 53.6 Å². The molecule has 4 heteroatoms. The van der Waals surface area contributed by atoms with E-state index in [9.17, 15) is 0 Å². The van der Waals surface area contributed by atoms with Gasteiger partial charge in [0.15, 0.2) is 11.6 Å². The second-order valence-corrected chi connectivity index (χ2v) is 5.46. The second-order valence-electron chi connectivity index (χ2n) is 4.29. The Hall–Kier alpha value is -1.68. The van der Waals surface area contributed by atoms with Gasteiger partial charge in [0.2, 0.25) is 0 Å². The molecule has 2 aromatic rings. The molecule has 3 nitrogen and oxygen atoms in total. The summed E-state index contributed by atoms with van der Waals surface area (Å²) < 4.78 is 5.67. The van der Waals surface area contributed by atoms with Crippen LogP contribution in [0.5, 0.6) is 5.75 Å². The molecule has 0 aliphatic carbocycles. The van der Waals surface area contributed by atoms with E-state index >= 15 is 0 Å². The Balaban J connectivity index is 1.79. The van der Waals surface area contributed by atoms with Crippen LogP contribution in [0.3, 0.4) is 0 Å². The van der Waals surface area contributed by atoms with Crippen molar-refractivity contribution in [2.24, 2.45) is 0 Å². The average Bonchev–Trinajstić information content (AvgIpc) is 2.51. The van der Waals surface area contributed by atoms with Crippen molar-refractivity contribution in [3.63, 3.8) is 0 Å². The average molecular weight is 288 g/mol. The highest BCUT2D eigenvalue weighted by atomic mass is 32.2. The zero-order valence-corrected chi connectivity index (χ0v) is 12.5. The molecule has 0 radical (unpaired) electrons. The third-order valence-electron chi connectivity index (χ3n) is 2.64. The maximum absolute atomic E-state index is 5.67. The molecule has 0 aliphatic rings. The topological polar surface area (TPSA) is 34.1 Å². The van der Waals surface area contributed by atoms with Crippen molar-refractivity contribution in [1.82, 2.24) is 4.98 Å². The number of nitrogens with one attached hydrogen (secondary N) is 1. The summed E-state index contributed by atoms with van der Waals surface area (Å²) in [5.41, 5.74) is 0. The van der Waals surface area contributed by atoms with Gasteiger partial charge in [0.1, 0.15) is 0 Å². The van der Waals surface area contributed by atoms with Crippen molar-refractivity contribution in [2.75, 3.05) is 24.2 Å². The van der Waals surface area contributed by atoms with Gasteiger partial charge in [0, 0.05) is 23.4 Å². The van der Waals surface area contributed by atoms with Crippen LogP contribution in [0, 0.1) is 0 Å². The van der Waals surface area contributed by atoms with Crippen LogP contribution in [0.4, 0.5) is 5.82 Å². The molecule has 0 saturated heterocycles. The number of aromatic nitrogens is 1. The van der Waals surface area contributed by atoms with E-state index in [1.54, 1.807) is 6.20 Å². The van der Waals surface area contributed by atoms with Gasteiger partial charge in [0.25, 0.3) is 0 Å². The molecule has 0 unspecified atom stereocenters. The number of hydrogen-bond donors (Lipinski definition) is 1. The third kappa shape index (κ3) is 4.78. The van der Waals surface area contributed by atoms with Crippen LogP contribution in [-0.4, -0.2) is 23.9 Å². The molecule has 0 fully saturated rings. The van der Waals surface area contributed by atoms with E-state index in [0.29, 0.717) is 0 Å². The molecule has 0 saturated carbocycles. The quantitative estimate of drug-likeness (QED) is 0.586. The fraction of sp³-hybridized carbons (Fsp3) is 0.312. The van der Waals surface area contributed by atoms with Crippen molar-refractivity contribution in [3.05, 3.63) is 48.7 Å². The van der Waals surface area contributed by atoms with E-state index in [1.165, 1.54) is 4.90 Å². The van der Waals surface area contributed by atoms with Crippen LogP contribution in [0.1, 0.15) is 13.3 Å². The molecule has 2 rings (SSSR count). The summed E-state index contributed by atoms with van der Waals surface area (Å²) in [5, 5.41) is 3.34. The van der Waals surface area contributed by atoms with Crippen molar-refractivity contribution >= 4 is 17.6 Å². The minimum Gasteiger partial charge on any atom is -0.490 e. The first-order valence-electron chi connectivity index (χ1n) is 6.89. The lowest BCUT2D eigenvalue weighted by molar-refractivity contribution is 0.318. The number of rotatable bonds is 8. The summed E-state index contributed by atoms with van der Waals surface area (Å²) in [6, 6.07) is 14.3. The SMILES string of the molecule is CCCOc1cccnc1NCCSc1ccccc1. The lowest BCUT2D eigenvalue weighted by Gasteiger charge is -2.11. The van der Waals surface area contributed by atoms with Gasteiger partial charge in [-0.25, -0.2) is 4.98 Å². The molecular weight excluding hydrogens is 268 g/mol. The summed E-state index contributed by atoms with van der Waals surface area (Å²) in [6.07, 6.45) is 2.78. The van der Waals surface area contributed by atoms with E-state index < -0.39 is 0 Å². The van der Waals surface area contributed by atoms with Gasteiger partial charge in [-0.15, -0.1) is 11.8 Å². The zero-order valence-electron chi connectivity index (χ0n) is 11.7. The third-order valence-corrected chi connectivity index (χ3v) is 3.65. The molecular formula is C16H20N2OS. The van der Waals surface area contributed by atoms with E-state index in [2.05, 4.69) is 41.5 Å². The Bertz CT molecular complexity index is 505. The lowest BCUT2D eigenvalue weighted by atomic mass is 10.4. The first-order valence-corrected chi connectivity index (χ1v) is 7.88. The molecule has 0 atom stereocenters. The predicted molar refractivity (Wildman–Crippen MR) is 85.7 cm³/mol. The monoisotopic (exact) mass is 288 g/mol. The fourth-order valence-electron chi connectivity index (χ4n) is 1.71. The van der Waals surface area contributed by atoms with Crippen LogP contribution in [0.2, 0.25) is 0 Å². The van der Waals surface area contributed by atoms with Crippen LogP contribution < -0.4 is 10.1 Å². The minimum absolute atomic E-state index is 0.721. The van der Waals surface area contributed by atoms with Crippen LogP contribution >= 0.6 is 11.8 Å². The Morgan fingerprint density at radius 1 is 1.15 bits per heavy atom. The van der Waals surface area contributed by atoms with E-state index in [0.717, 1.165) is 36.9 Å². The number of thioether (sulfide) groups is 1. The Morgan fingerprint density at radius 3 is 2.80 bits per heavy atom. The minimum atomic E-state index is 0.721. The summed E-state index contributed by atoms with van der Waals surface area (Å²) in [6.45, 7) is 3.68. The first kappa shape index (κ1) is 14.7. The van der Waals surface area contributed by atoms with E-state index in [4.69, 9.17) is 4.74 Å². The molecule has 20 heavy (non-hydrogen) atoms. The molecule has 1 heterocycles. The Morgan fingerprint density at radius 2 is 2.00 bits per heavy atom. The maximum atomic E-state index is 5.67. The predicted octanol–water partition coefficient (Wildman–Crippen LogP) is 4.07. The molecule has 1 N–H and O–H groups in total. The highest BCUT2D eigenvalue weighted by Gasteiger charge is 2.03. The number of anilines is 1. The number of pyridine rings is 1. The molecule has 1 aromatic heterocycles. The van der Waals surface area contributed by atoms with Crippen molar-refractivity contribution < 1.29 is 4.74 Å². The number of hydrogen-bond acceptors (Lipinski definition) is 4. The van der Waals surface area contributed by atoms with Crippen LogP contribution in [0.25, 0.3) is 0 Å². The van der Waals surface area contributed by atoms with Crippen molar-refractivity contribution in [1.29, 1.82) is 0 Å². The van der Waals surface area contributed by atoms with Gasteiger partial charge in [-0.2, -0.15) is 0 Å². The molecule has 0 bridgehead atoms.